The van der Waals surface area contributed by atoms with Crippen LogP contribution in [0.4, 0.5) is 0 Å². The van der Waals surface area contributed by atoms with Crippen LogP contribution in [0.15, 0.2) is 0 Å². The van der Waals surface area contributed by atoms with E-state index in [1.165, 1.54) is 32.1 Å². The van der Waals surface area contributed by atoms with Gasteiger partial charge in [0.05, 0.1) is 0 Å². The van der Waals surface area contributed by atoms with E-state index in [1.807, 2.05) is 0 Å². The molecule has 1 saturated carbocycles. The standard InChI is InChI=1S/C11H23N/c1-4-9(2)7-10-5-6-11(8-10)12-3/h9-12H,4-8H2,1-3H3. The van der Waals surface area contributed by atoms with Gasteiger partial charge in [-0.3, -0.25) is 0 Å². The zero-order valence-electron chi connectivity index (χ0n) is 8.77. The van der Waals surface area contributed by atoms with E-state index in [0.717, 1.165) is 17.9 Å². The molecule has 0 amide bonds. The Balaban J connectivity index is 2.18. The van der Waals surface area contributed by atoms with E-state index in [0.29, 0.717) is 0 Å². The third-order valence-electron chi connectivity index (χ3n) is 3.38. The molecule has 3 atom stereocenters. The van der Waals surface area contributed by atoms with E-state index in [1.54, 1.807) is 0 Å². The molecule has 1 fully saturated rings. The first-order valence-electron chi connectivity index (χ1n) is 5.43. The molecule has 0 aromatic carbocycles. The Morgan fingerprint density at radius 2 is 2.17 bits per heavy atom. The lowest BCUT2D eigenvalue weighted by Crippen LogP contribution is -2.21. The molecule has 0 bridgehead atoms. The molecule has 0 aromatic heterocycles. The van der Waals surface area contributed by atoms with Crippen molar-refractivity contribution in [3.63, 3.8) is 0 Å². The van der Waals surface area contributed by atoms with Gasteiger partial charge in [0, 0.05) is 6.04 Å². The lowest BCUT2D eigenvalue weighted by Gasteiger charge is -2.14. The van der Waals surface area contributed by atoms with Gasteiger partial charge in [-0.15, -0.1) is 0 Å². The van der Waals surface area contributed by atoms with E-state index in [9.17, 15) is 0 Å². The molecular formula is C11H23N. The van der Waals surface area contributed by atoms with Crippen LogP contribution in [0.5, 0.6) is 0 Å². The van der Waals surface area contributed by atoms with Crippen molar-refractivity contribution < 1.29 is 0 Å². The summed E-state index contributed by atoms with van der Waals surface area (Å²) in [6.45, 7) is 4.68. The molecule has 3 unspecified atom stereocenters. The van der Waals surface area contributed by atoms with Crippen LogP contribution in [0.2, 0.25) is 0 Å². The SMILES string of the molecule is CCC(C)CC1CCC(NC)C1. The summed E-state index contributed by atoms with van der Waals surface area (Å²) in [7, 11) is 2.09. The van der Waals surface area contributed by atoms with Gasteiger partial charge in [-0.05, 0) is 44.6 Å². The maximum absolute atomic E-state index is 3.39. The smallest absolute Gasteiger partial charge is 0.00668 e. The Morgan fingerprint density at radius 1 is 1.42 bits per heavy atom. The Labute approximate surface area is 76.9 Å². The van der Waals surface area contributed by atoms with Crippen molar-refractivity contribution in [3.8, 4) is 0 Å². The van der Waals surface area contributed by atoms with Crippen LogP contribution in [0.3, 0.4) is 0 Å². The summed E-state index contributed by atoms with van der Waals surface area (Å²) in [5.74, 6) is 1.95. The largest absolute Gasteiger partial charge is 0.317 e. The zero-order chi connectivity index (χ0) is 8.97. The van der Waals surface area contributed by atoms with E-state index in [2.05, 4.69) is 26.2 Å². The molecular weight excluding hydrogens is 146 g/mol. The fraction of sp³-hybridized carbons (Fsp3) is 1.00. The summed E-state index contributed by atoms with van der Waals surface area (Å²) in [6, 6.07) is 0.819. The summed E-state index contributed by atoms with van der Waals surface area (Å²) in [5.41, 5.74) is 0. The average Bonchev–Trinajstić information content (AvgIpc) is 2.52. The predicted octanol–water partition coefficient (Wildman–Crippen LogP) is 2.81. The molecule has 0 aromatic rings. The third kappa shape index (κ3) is 2.78. The van der Waals surface area contributed by atoms with E-state index >= 15 is 0 Å². The normalized spacial score (nSPS) is 32.2. The highest BCUT2D eigenvalue weighted by atomic mass is 14.9. The summed E-state index contributed by atoms with van der Waals surface area (Å²) >= 11 is 0. The van der Waals surface area contributed by atoms with E-state index < -0.39 is 0 Å². The lowest BCUT2D eigenvalue weighted by molar-refractivity contribution is 0.382. The molecule has 1 nitrogen and oxygen atoms in total. The van der Waals surface area contributed by atoms with E-state index in [4.69, 9.17) is 0 Å². The van der Waals surface area contributed by atoms with Crippen LogP contribution in [0, 0.1) is 11.8 Å². The second-order valence-electron chi connectivity index (χ2n) is 4.41. The molecule has 1 rings (SSSR count). The maximum Gasteiger partial charge on any atom is 0.00668 e. The van der Waals surface area contributed by atoms with Gasteiger partial charge in [0.2, 0.25) is 0 Å². The Kier molecular flexibility index (Phi) is 4.07. The molecule has 0 heterocycles. The molecule has 72 valence electrons. The Morgan fingerprint density at radius 3 is 2.67 bits per heavy atom. The number of rotatable bonds is 4. The quantitative estimate of drug-likeness (QED) is 0.682. The minimum absolute atomic E-state index is 0.819. The highest BCUT2D eigenvalue weighted by molar-refractivity contribution is 4.80. The fourth-order valence-corrected chi connectivity index (χ4v) is 2.29. The van der Waals surface area contributed by atoms with Crippen LogP contribution < -0.4 is 5.32 Å². The molecule has 0 saturated heterocycles. The van der Waals surface area contributed by atoms with Crippen molar-refractivity contribution in [2.45, 2.75) is 52.0 Å². The highest BCUT2D eigenvalue weighted by Gasteiger charge is 2.23. The summed E-state index contributed by atoms with van der Waals surface area (Å²) in [5, 5.41) is 3.39. The van der Waals surface area contributed by atoms with Gasteiger partial charge in [-0.25, -0.2) is 0 Å². The van der Waals surface area contributed by atoms with Crippen molar-refractivity contribution >= 4 is 0 Å². The first-order chi connectivity index (χ1) is 5.76. The highest BCUT2D eigenvalue weighted by Crippen LogP contribution is 2.31. The zero-order valence-corrected chi connectivity index (χ0v) is 8.77. The van der Waals surface area contributed by atoms with Gasteiger partial charge >= 0.3 is 0 Å². The van der Waals surface area contributed by atoms with Crippen LogP contribution in [0.1, 0.15) is 46.0 Å². The Hall–Kier alpha value is -0.0400. The summed E-state index contributed by atoms with van der Waals surface area (Å²) in [6.07, 6.45) is 7.07. The maximum atomic E-state index is 3.39. The van der Waals surface area contributed by atoms with Gasteiger partial charge in [0.25, 0.3) is 0 Å². The second kappa shape index (κ2) is 4.86. The van der Waals surface area contributed by atoms with Crippen LogP contribution in [-0.4, -0.2) is 13.1 Å². The van der Waals surface area contributed by atoms with Gasteiger partial charge in [-0.1, -0.05) is 20.3 Å². The average molecular weight is 169 g/mol. The van der Waals surface area contributed by atoms with Crippen LogP contribution >= 0.6 is 0 Å². The second-order valence-corrected chi connectivity index (χ2v) is 4.41. The molecule has 0 spiro atoms. The molecule has 1 heteroatoms. The van der Waals surface area contributed by atoms with Crippen LogP contribution in [-0.2, 0) is 0 Å². The third-order valence-corrected chi connectivity index (χ3v) is 3.38. The minimum Gasteiger partial charge on any atom is -0.317 e. The van der Waals surface area contributed by atoms with Gasteiger partial charge in [0.15, 0.2) is 0 Å². The van der Waals surface area contributed by atoms with Gasteiger partial charge in [0.1, 0.15) is 0 Å². The molecule has 12 heavy (non-hydrogen) atoms. The van der Waals surface area contributed by atoms with Crippen molar-refractivity contribution in [3.05, 3.63) is 0 Å². The molecule has 0 aliphatic heterocycles. The summed E-state index contributed by atoms with van der Waals surface area (Å²) in [4.78, 5) is 0. The van der Waals surface area contributed by atoms with Crippen molar-refractivity contribution in [2.75, 3.05) is 7.05 Å². The van der Waals surface area contributed by atoms with Crippen molar-refractivity contribution in [2.24, 2.45) is 11.8 Å². The first kappa shape index (κ1) is 10.0. The van der Waals surface area contributed by atoms with Gasteiger partial charge < -0.3 is 5.32 Å². The number of nitrogens with one attached hydrogen (secondary N) is 1. The first-order valence-corrected chi connectivity index (χ1v) is 5.43. The van der Waals surface area contributed by atoms with Crippen LogP contribution in [0.25, 0.3) is 0 Å². The molecule has 0 radical (unpaired) electrons. The number of hydrogen-bond acceptors (Lipinski definition) is 1. The summed E-state index contributed by atoms with van der Waals surface area (Å²) < 4.78 is 0. The van der Waals surface area contributed by atoms with E-state index in [-0.39, 0.29) is 0 Å². The van der Waals surface area contributed by atoms with Crippen molar-refractivity contribution in [1.82, 2.24) is 5.32 Å². The minimum atomic E-state index is 0.819. The van der Waals surface area contributed by atoms with Gasteiger partial charge in [-0.2, -0.15) is 0 Å². The number of hydrogen-bond donors (Lipinski definition) is 1. The molecule has 1 aliphatic carbocycles. The van der Waals surface area contributed by atoms with Crippen molar-refractivity contribution in [1.29, 1.82) is 0 Å². The monoisotopic (exact) mass is 169 g/mol. The fourth-order valence-electron chi connectivity index (χ4n) is 2.29. The molecule has 1 N–H and O–H groups in total. The Bertz CT molecular complexity index is 122. The topological polar surface area (TPSA) is 12.0 Å². The molecule has 1 aliphatic rings. The predicted molar refractivity (Wildman–Crippen MR) is 54.3 cm³/mol. The lowest BCUT2D eigenvalue weighted by atomic mass is 9.93.